The molecule has 19 heavy (non-hydrogen) atoms. The number of rotatable bonds is 3. The van der Waals surface area contributed by atoms with Gasteiger partial charge in [0.15, 0.2) is 0 Å². The number of nitro groups is 1. The van der Waals surface area contributed by atoms with Crippen LogP contribution in [0.4, 0.5) is 5.69 Å². The molecule has 1 aliphatic carbocycles. The Morgan fingerprint density at radius 3 is 2.68 bits per heavy atom. The van der Waals surface area contributed by atoms with Gasteiger partial charge in [0.2, 0.25) is 0 Å². The molecule has 1 fully saturated rings. The van der Waals surface area contributed by atoms with Crippen molar-refractivity contribution in [3.05, 3.63) is 38.9 Å². The SMILES string of the molecule is O=[N+]([O-])c1ccc(CC2CCCCCC2Cl)c(Cl)c1. The van der Waals surface area contributed by atoms with Crippen molar-refractivity contribution >= 4 is 28.9 Å². The zero-order valence-corrected chi connectivity index (χ0v) is 12.2. The van der Waals surface area contributed by atoms with Gasteiger partial charge in [-0.2, -0.15) is 0 Å². The van der Waals surface area contributed by atoms with Crippen LogP contribution in [0.1, 0.15) is 37.7 Å². The third-order valence-corrected chi connectivity index (χ3v) is 4.72. The Labute approximate surface area is 123 Å². The molecule has 1 saturated carbocycles. The average Bonchev–Trinajstić information content (AvgIpc) is 2.57. The number of alkyl halides is 1. The van der Waals surface area contributed by atoms with Crippen LogP contribution in [0.2, 0.25) is 5.02 Å². The minimum atomic E-state index is -0.425. The molecule has 1 aliphatic rings. The maximum absolute atomic E-state index is 10.7. The second-order valence-electron chi connectivity index (χ2n) is 5.15. The largest absolute Gasteiger partial charge is 0.270 e. The molecule has 2 rings (SSSR count). The lowest BCUT2D eigenvalue weighted by Gasteiger charge is -2.20. The summed E-state index contributed by atoms with van der Waals surface area (Å²) < 4.78 is 0. The predicted octanol–water partition coefficient (Wildman–Crippen LogP) is 4.98. The first kappa shape index (κ1) is 14.6. The molecule has 1 aromatic rings. The first-order chi connectivity index (χ1) is 9.08. The van der Waals surface area contributed by atoms with Crippen LogP contribution < -0.4 is 0 Å². The average molecular weight is 302 g/mol. The van der Waals surface area contributed by atoms with Gasteiger partial charge in [0, 0.05) is 17.5 Å². The number of halogens is 2. The Morgan fingerprint density at radius 2 is 2.00 bits per heavy atom. The molecule has 0 bridgehead atoms. The van der Waals surface area contributed by atoms with Crippen molar-refractivity contribution in [1.29, 1.82) is 0 Å². The predicted molar refractivity (Wildman–Crippen MR) is 78.0 cm³/mol. The Morgan fingerprint density at radius 1 is 1.26 bits per heavy atom. The molecule has 2 atom stereocenters. The van der Waals surface area contributed by atoms with Crippen LogP contribution in [0, 0.1) is 16.0 Å². The minimum absolute atomic E-state index is 0.0389. The van der Waals surface area contributed by atoms with Gasteiger partial charge in [0.25, 0.3) is 5.69 Å². The van der Waals surface area contributed by atoms with E-state index in [0.29, 0.717) is 10.9 Å². The van der Waals surface area contributed by atoms with E-state index in [9.17, 15) is 10.1 Å². The number of benzene rings is 1. The van der Waals surface area contributed by atoms with E-state index in [1.807, 2.05) is 0 Å². The van der Waals surface area contributed by atoms with Crippen LogP contribution in [-0.4, -0.2) is 10.3 Å². The molecule has 0 heterocycles. The quantitative estimate of drug-likeness (QED) is 0.342. The summed E-state index contributed by atoms with van der Waals surface area (Å²) >= 11 is 12.6. The molecule has 0 saturated heterocycles. The molecule has 0 radical (unpaired) electrons. The van der Waals surface area contributed by atoms with Crippen LogP contribution in [0.5, 0.6) is 0 Å². The number of hydrogen-bond donors (Lipinski definition) is 0. The van der Waals surface area contributed by atoms with Gasteiger partial charge in [-0.3, -0.25) is 10.1 Å². The molecule has 0 spiro atoms. The summed E-state index contributed by atoms with van der Waals surface area (Å²) in [7, 11) is 0. The highest BCUT2D eigenvalue weighted by Gasteiger charge is 2.23. The zero-order chi connectivity index (χ0) is 13.8. The van der Waals surface area contributed by atoms with E-state index in [1.54, 1.807) is 6.07 Å². The zero-order valence-electron chi connectivity index (χ0n) is 10.6. The summed E-state index contributed by atoms with van der Waals surface area (Å²) in [5.41, 5.74) is 1.00. The van der Waals surface area contributed by atoms with Gasteiger partial charge in [-0.1, -0.05) is 36.9 Å². The van der Waals surface area contributed by atoms with Crippen LogP contribution in [0.3, 0.4) is 0 Å². The normalized spacial score (nSPS) is 23.9. The van der Waals surface area contributed by atoms with E-state index in [-0.39, 0.29) is 11.1 Å². The molecule has 0 amide bonds. The summed E-state index contributed by atoms with van der Waals surface area (Å²) in [5, 5.41) is 11.3. The van der Waals surface area contributed by atoms with Crippen molar-refractivity contribution < 1.29 is 4.92 Å². The fourth-order valence-corrected chi connectivity index (χ4v) is 3.29. The molecule has 104 valence electrons. The first-order valence-electron chi connectivity index (χ1n) is 6.65. The van der Waals surface area contributed by atoms with Crippen molar-refractivity contribution in [2.75, 3.05) is 0 Å². The highest BCUT2D eigenvalue weighted by Crippen LogP contribution is 2.32. The summed E-state index contributed by atoms with van der Waals surface area (Å²) in [6.07, 6.45) is 6.62. The molecule has 2 unspecified atom stereocenters. The maximum Gasteiger partial charge on any atom is 0.270 e. The second kappa shape index (κ2) is 6.58. The molecule has 3 nitrogen and oxygen atoms in total. The van der Waals surface area contributed by atoms with E-state index >= 15 is 0 Å². The van der Waals surface area contributed by atoms with Gasteiger partial charge in [-0.05, 0) is 30.7 Å². The van der Waals surface area contributed by atoms with Crippen LogP contribution in [0.15, 0.2) is 18.2 Å². The van der Waals surface area contributed by atoms with E-state index in [4.69, 9.17) is 23.2 Å². The Bertz CT molecular complexity index is 465. The highest BCUT2D eigenvalue weighted by atomic mass is 35.5. The van der Waals surface area contributed by atoms with Crippen molar-refractivity contribution in [1.82, 2.24) is 0 Å². The second-order valence-corrected chi connectivity index (χ2v) is 6.12. The van der Waals surface area contributed by atoms with Crippen LogP contribution in [0.25, 0.3) is 0 Å². The van der Waals surface area contributed by atoms with Crippen molar-refractivity contribution in [3.8, 4) is 0 Å². The molecular weight excluding hydrogens is 285 g/mol. The smallest absolute Gasteiger partial charge is 0.258 e. The van der Waals surface area contributed by atoms with E-state index in [0.717, 1.165) is 24.8 Å². The van der Waals surface area contributed by atoms with E-state index < -0.39 is 4.92 Å². The van der Waals surface area contributed by atoms with Crippen molar-refractivity contribution in [2.45, 2.75) is 43.9 Å². The third-order valence-electron chi connectivity index (χ3n) is 3.80. The summed E-state index contributed by atoms with van der Waals surface area (Å²) in [5.74, 6) is 0.420. The summed E-state index contributed by atoms with van der Waals surface area (Å²) in [6, 6.07) is 4.70. The molecule has 0 N–H and O–H groups in total. The van der Waals surface area contributed by atoms with Crippen molar-refractivity contribution in [2.24, 2.45) is 5.92 Å². The van der Waals surface area contributed by atoms with E-state index in [2.05, 4.69) is 0 Å². The topological polar surface area (TPSA) is 43.1 Å². The summed E-state index contributed by atoms with van der Waals surface area (Å²) in [4.78, 5) is 10.3. The lowest BCUT2D eigenvalue weighted by atomic mass is 9.92. The Balaban J connectivity index is 2.11. The van der Waals surface area contributed by atoms with Gasteiger partial charge in [0.05, 0.1) is 9.95 Å². The third kappa shape index (κ3) is 3.83. The molecular formula is C14H17Cl2NO2. The van der Waals surface area contributed by atoms with Crippen molar-refractivity contribution in [3.63, 3.8) is 0 Å². The van der Waals surface area contributed by atoms with Gasteiger partial charge in [0.1, 0.15) is 0 Å². The Hall–Kier alpha value is -0.800. The maximum atomic E-state index is 10.7. The fraction of sp³-hybridized carbons (Fsp3) is 0.571. The number of non-ortho nitro benzene ring substituents is 1. The van der Waals surface area contributed by atoms with Gasteiger partial charge >= 0.3 is 0 Å². The molecule has 0 aromatic heterocycles. The minimum Gasteiger partial charge on any atom is -0.258 e. The van der Waals surface area contributed by atoms with E-state index in [1.165, 1.54) is 31.4 Å². The fourth-order valence-electron chi connectivity index (χ4n) is 2.67. The molecule has 1 aromatic carbocycles. The summed E-state index contributed by atoms with van der Waals surface area (Å²) in [6.45, 7) is 0. The van der Waals surface area contributed by atoms with Crippen LogP contribution >= 0.6 is 23.2 Å². The number of hydrogen-bond acceptors (Lipinski definition) is 2. The van der Waals surface area contributed by atoms with Gasteiger partial charge in [-0.15, -0.1) is 11.6 Å². The van der Waals surface area contributed by atoms with Crippen LogP contribution in [-0.2, 0) is 6.42 Å². The Kier molecular flexibility index (Phi) is 5.06. The highest BCUT2D eigenvalue weighted by molar-refractivity contribution is 6.31. The first-order valence-corrected chi connectivity index (χ1v) is 7.46. The molecule has 0 aliphatic heterocycles. The standard InChI is InChI=1S/C14H17Cl2NO2/c15-13-5-3-1-2-4-10(13)8-11-6-7-12(17(18)19)9-14(11)16/h6-7,9-10,13H,1-5,8H2. The van der Waals surface area contributed by atoms with Gasteiger partial charge in [-0.25, -0.2) is 0 Å². The number of nitrogens with zero attached hydrogens (tertiary/aromatic N) is 1. The molecule has 5 heteroatoms. The van der Waals surface area contributed by atoms with Gasteiger partial charge < -0.3 is 0 Å². The lowest BCUT2D eigenvalue weighted by molar-refractivity contribution is -0.384. The number of nitro benzene ring substituents is 1. The monoisotopic (exact) mass is 301 g/mol. The lowest BCUT2D eigenvalue weighted by Crippen LogP contribution is -2.16.